The molecule has 0 saturated heterocycles. The molecule has 3 N–H and O–H groups in total. The first-order valence-electron chi connectivity index (χ1n) is 9.32. The van der Waals surface area contributed by atoms with E-state index in [1.54, 1.807) is 48.5 Å². The molecule has 5 rings (SSSR count). The second-order valence-corrected chi connectivity index (χ2v) is 9.29. The molecule has 0 saturated carbocycles. The SMILES string of the molecule is O=c1c(C2=NS(=O)(=O)c3ccccc3N2)c(O)c2cccnc2n1Nc1ccccc1Br. The van der Waals surface area contributed by atoms with Crippen LogP contribution in [-0.4, -0.2) is 29.0 Å². The van der Waals surface area contributed by atoms with E-state index >= 15 is 0 Å². The van der Waals surface area contributed by atoms with E-state index in [0.29, 0.717) is 10.2 Å². The Balaban J connectivity index is 1.78. The van der Waals surface area contributed by atoms with Gasteiger partial charge in [0, 0.05) is 10.7 Å². The van der Waals surface area contributed by atoms with Crippen molar-refractivity contribution in [1.29, 1.82) is 0 Å². The molecule has 0 atom stereocenters. The molecule has 0 unspecified atom stereocenters. The molecule has 0 aliphatic carbocycles. The van der Waals surface area contributed by atoms with Gasteiger partial charge in [-0.3, -0.25) is 10.2 Å². The maximum Gasteiger partial charge on any atom is 0.286 e. The molecule has 0 bridgehead atoms. The smallest absolute Gasteiger partial charge is 0.286 e. The average molecular weight is 512 g/mol. The van der Waals surface area contributed by atoms with E-state index < -0.39 is 21.3 Å². The summed E-state index contributed by atoms with van der Waals surface area (Å²) in [4.78, 5) is 17.7. The maximum absolute atomic E-state index is 13.5. The van der Waals surface area contributed by atoms with Gasteiger partial charge in [0.05, 0.1) is 16.8 Å². The van der Waals surface area contributed by atoms with Gasteiger partial charge < -0.3 is 10.4 Å². The molecule has 1 aliphatic rings. The van der Waals surface area contributed by atoms with E-state index in [9.17, 15) is 18.3 Å². The third-order valence-corrected chi connectivity index (χ3v) is 6.91. The number of hydrogen-bond acceptors (Lipinski definition) is 7. The molecule has 11 heteroatoms. The van der Waals surface area contributed by atoms with E-state index in [1.807, 2.05) is 6.07 Å². The van der Waals surface area contributed by atoms with Crippen LogP contribution >= 0.6 is 15.9 Å². The van der Waals surface area contributed by atoms with Crippen molar-refractivity contribution in [2.24, 2.45) is 4.40 Å². The minimum atomic E-state index is -4.08. The van der Waals surface area contributed by atoms with Gasteiger partial charge in [-0.15, -0.1) is 4.40 Å². The van der Waals surface area contributed by atoms with Crippen LogP contribution < -0.4 is 16.3 Å². The van der Waals surface area contributed by atoms with Gasteiger partial charge in [-0.2, -0.15) is 13.1 Å². The van der Waals surface area contributed by atoms with Crippen LogP contribution in [0.3, 0.4) is 0 Å². The van der Waals surface area contributed by atoms with Crippen LogP contribution in [0.5, 0.6) is 5.75 Å². The molecule has 0 fully saturated rings. The van der Waals surface area contributed by atoms with Gasteiger partial charge in [-0.05, 0) is 52.3 Å². The van der Waals surface area contributed by atoms with Crippen LogP contribution in [0.2, 0.25) is 0 Å². The van der Waals surface area contributed by atoms with Crippen molar-refractivity contribution in [2.45, 2.75) is 4.90 Å². The lowest BCUT2D eigenvalue weighted by molar-refractivity contribution is 0.478. The summed E-state index contributed by atoms with van der Waals surface area (Å²) in [6, 6.07) is 16.5. The zero-order valence-electron chi connectivity index (χ0n) is 16.2. The largest absolute Gasteiger partial charge is 0.506 e. The summed E-state index contributed by atoms with van der Waals surface area (Å²) in [6.07, 6.45) is 1.48. The number of nitrogens with one attached hydrogen (secondary N) is 2. The summed E-state index contributed by atoms with van der Waals surface area (Å²) in [5.74, 6) is -0.705. The van der Waals surface area contributed by atoms with E-state index in [-0.39, 0.29) is 33.0 Å². The molecule has 160 valence electrons. The van der Waals surface area contributed by atoms with Crippen molar-refractivity contribution >= 4 is 54.2 Å². The van der Waals surface area contributed by atoms with Gasteiger partial charge in [-0.1, -0.05) is 24.3 Å². The molecule has 2 aromatic carbocycles. The average Bonchev–Trinajstić information content (AvgIpc) is 2.77. The number of rotatable bonds is 3. The first-order chi connectivity index (χ1) is 15.4. The second-order valence-electron chi connectivity index (χ2n) is 6.87. The molecule has 4 aromatic rings. The number of aromatic nitrogens is 2. The maximum atomic E-state index is 13.5. The number of sulfonamides is 1. The number of pyridine rings is 2. The van der Waals surface area contributed by atoms with Gasteiger partial charge in [0.2, 0.25) is 0 Å². The highest BCUT2D eigenvalue weighted by molar-refractivity contribution is 9.10. The van der Waals surface area contributed by atoms with Crippen LogP contribution in [-0.2, 0) is 10.0 Å². The summed E-state index contributed by atoms with van der Waals surface area (Å²) in [6.45, 7) is 0. The quantitative estimate of drug-likeness (QED) is 0.385. The van der Waals surface area contributed by atoms with Crippen molar-refractivity contribution in [3.05, 3.63) is 87.3 Å². The summed E-state index contributed by atoms with van der Waals surface area (Å²) < 4.78 is 31.0. The van der Waals surface area contributed by atoms with Crippen LogP contribution in [0, 0.1) is 0 Å². The van der Waals surface area contributed by atoms with Gasteiger partial charge in [-0.25, -0.2) is 4.98 Å². The standard InChI is InChI=1S/C21H14BrN5O4S/c22-13-7-1-2-8-14(13)25-27-20-12(6-5-11-23-20)18(28)17(21(27)29)19-24-15-9-3-4-10-16(15)32(30,31)26-19/h1-11,25,28H,(H,24,26). The van der Waals surface area contributed by atoms with Gasteiger partial charge in [0.1, 0.15) is 16.2 Å². The van der Waals surface area contributed by atoms with Crippen LogP contribution in [0.25, 0.3) is 11.0 Å². The summed E-state index contributed by atoms with van der Waals surface area (Å²) >= 11 is 3.42. The third kappa shape index (κ3) is 3.22. The monoisotopic (exact) mass is 511 g/mol. The molecule has 0 spiro atoms. The molecule has 1 aliphatic heterocycles. The first-order valence-corrected chi connectivity index (χ1v) is 11.6. The van der Waals surface area contributed by atoms with Crippen molar-refractivity contribution in [2.75, 3.05) is 10.7 Å². The Morgan fingerprint density at radius 3 is 2.59 bits per heavy atom. The van der Waals surface area contributed by atoms with Crippen molar-refractivity contribution < 1.29 is 13.5 Å². The fraction of sp³-hybridized carbons (Fsp3) is 0. The zero-order chi connectivity index (χ0) is 22.5. The lowest BCUT2D eigenvalue weighted by atomic mass is 10.1. The number of hydrogen-bond donors (Lipinski definition) is 3. The number of aromatic hydroxyl groups is 1. The lowest BCUT2D eigenvalue weighted by Gasteiger charge is -2.20. The van der Waals surface area contributed by atoms with Crippen LogP contribution in [0.4, 0.5) is 11.4 Å². The van der Waals surface area contributed by atoms with E-state index in [1.165, 1.54) is 12.3 Å². The third-order valence-electron chi connectivity index (χ3n) is 4.88. The Labute approximate surface area is 190 Å². The van der Waals surface area contributed by atoms with Crippen molar-refractivity contribution in [3.63, 3.8) is 0 Å². The van der Waals surface area contributed by atoms with Gasteiger partial charge in [0.25, 0.3) is 15.6 Å². The van der Waals surface area contributed by atoms with Crippen molar-refractivity contribution in [3.8, 4) is 5.75 Å². The first kappa shape index (κ1) is 20.2. The second kappa shape index (κ2) is 7.46. The molecular formula is C21H14BrN5O4S. The number of anilines is 2. The number of nitrogens with zero attached hydrogens (tertiary/aromatic N) is 3. The number of halogens is 1. The number of benzene rings is 2. The Kier molecular flexibility index (Phi) is 4.72. The highest BCUT2D eigenvalue weighted by Crippen LogP contribution is 2.32. The fourth-order valence-electron chi connectivity index (χ4n) is 3.42. The Morgan fingerprint density at radius 2 is 1.78 bits per heavy atom. The predicted molar refractivity (Wildman–Crippen MR) is 125 cm³/mol. The molecular weight excluding hydrogens is 498 g/mol. The zero-order valence-corrected chi connectivity index (χ0v) is 18.6. The minimum absolute atomic E-state index is 0.0163. The van der Waals surface area contributed by atoms with Crippen molar-refractivity contribution in [1.82, 2.24) is 9.66 Å². The highest BCUT2D eigenvalue weighted by Gasteiger charge is 2.30. The number of fused-ring (bicyclic) bond motifs is 2. The number of amidine groups is 1. The topological polar surface area (TPSA) is 126 Å². The summed E-state index contributed by atoms with van der Waals surface area (Å²) in [5.41, 5.74) is 2.93. The minimum Gasteiger partial charge on any atom is -0.506 e. The molecule has 3 heterocycles. The fourth-order valence-corrected chi connectivity index (χ4v) is 4.91. The summed E-state index contributed by atoms with van der Waals surface area (Å²) in [5, 5.41) is 14.0. The van der Waals surface area contributed by atoms with Gasteiger partial charge >= 0.3 is 0 Å². The molecule has 0 amide bonds. The summed E-state index contributed by atoms with van der Waals surface area (Å²) in [7, 11) is -4.08. The van der Waals surface area contributed by atoms with E-state index in [0.717, 1.165) is 4.68 Å². The van der Waals surface area contributed by atoms with Crippen LogP contribution in [0.15, 0.2) is 85.4 Å². The highest BCUT2D eigenvalue weighted by atomic mass is 79.9. The van der Waals surface area contributed by atoms with Gasteiger partial charge in [0.15, 0.2) is 11.5 Å². The number of para-hydroxylation sites is 2. The Hall–Kier alpha value is -3.70. The molecule has 9 nitrogen and oxygen atoms in total. The van der Waals surface area contributed by atoms with E-state index in [2.05, 4.69) is 36.1 Å². The van der Waals surface area contributed by atoms with Crippen LogP contribution in [0.1, 0.15) is 5.56 Å². The molecule has 2 aromatic heterocycles. The van der Waals surface area contributed by atoms with E-state index in [4.69, 9.17) is 0 Å². The lowest BCUT2D eigenvalue weighted by Crippen LogP contribution is -2.35. The normalized spacial score (nSPS) is 14.3. The molecule has 32 heavy (non-hydrogen) atoms. The molecule has 0 radical (unpaired) electrons. The Bertz CT molecular complexity index is 1600. The predicted octanol–water partition coefficient (Wildman–Crippen LogP) is 3.30. The Morgan fingerprint density at radius 1 is 1.03 bits per heavy atom.